The summed E-state index contributed by atoms with van der Waals surface area (Å²) < 4.78 is 1.63. The van der Waals surface area contributed by atoms with Gasteiger partial charge < -0.3 is 0 Å². The summed E-state index contributed by atoms with van der Waals surface area (Å²) in [5.41, 5.74) is 1.57. The highest BCUT2D eigenvalue weighted by Gasteiger charge is 1.97. The fraction of sp³-hybridized carbons (Fsp3) is 0.167. The molecule has 0 spiro atoms. The molecular weight excluding hydrogens is 128 g/mol. The summed E-state index contributed by atoms with van der Waals surface area (Å²) in [5.74, 6) is 0. The molecule has 4 nitrogen and oxygen atoms in total. The Morgan fingerprint density at radius 1 is 1.60 bits per heavy atom. The Labute approximate surface area is 57.5 Å². The van der Waals surface area contributed by atoms with Gasteiger partial charge in [0.2, 0.25) is 0 Å². The van der Waals surface area contributed by atoms with Crippen LogP contribution in [0.15, 0.2) is 12.3 Å². The van der Waals surface area contributed by atoms with Gasteiger partial charge in [-0.1, -0.05) is 5.21 Å². The molecule has 0 saturated carbocycles. The first-order valence-electron chi connectivity index (χ1n) is 2.89. The highest BCUT2D eigenvalue weighted by molar-refractivity contribution is 5.68. The number of aromatic nitrogens is 4. The van der Waals surface area contributed by atoms with Crippen LogP contribution in [0.2, 0.25) is 0 Å². The first kappa shape index (κ1) is 5.34. The molecule has 2 aromatic heterocycles. The van der Waals surface area contributed by atoms with Crippen molar-refractivity contribution >= 4 is 11.2 Å². The van der Waals surface area contributed by atoms with E-state index in [0.717, 1.165) is 11.2 Å². The molecule has 0 bridgehead atoms. The Balaban J connectivity index is 2.93. The molecule has 0 aliphatic carbocycles. The maximum atomic E-state index is 4.02. The van der Waals surface area contributed by atoms with E-state index in [2.05, 4.69) is 21.4 Å². The zero-order chi connectivity index (χ0) is 6.97. The van der Waals surface area contributed by atoms with E-state index in [9.17, 15) is 0 Å². The van der Waals surface area contributed by atoms with Gasteiger partial charge in [0.05, 0.1) is 0 Å². The Bertz CT molecular complexity index is 351. The van der Waals surface area contributed by atoms with E-state index >= 15 is 0 Å². The molecule has 4 heteroatoms. The third kappa shape index (κ3) is 0.586. The van der Waals surface area contributed by atoms with E-state index in [0.29, 0.717) is 0 Å². The zero-order valence-electron chi connectivity index (χ0n) is 5.44. The largest absolute Gasteiger partial charge is 0.235 e. The molecule has 49 valence electrons. The fourth-order valence-electron chi connectivity index (χ4n) is 0.826. The first-order chi connectivity index (χ1) is 4.88. The summed E-state index contributed by atoms with van der Waals surface area (Å²) in [7, 11) is 1.81. The maximum Gasteiger partial charge on any atom is 0.178 e. The van der Waals surface area contributed by atoms with Crippen molar-refractivity contribution in [2.24, 2.45) is 7.05 Å². The highest BCUT2D eigenvalue weighted by Crippen LogP contribution is 2.02. The van der Waals surface area contributed by atoms with E-state index in [4.69, 9.17) is 0 Å². The van der Waals surface area contributed by atoms with Gasteiger partial charge in [0, 0.05) is 19.3 Å². The minimum atomic E-state index is 0.782. The summed E-state index contributed by atoms with van der Waals surface area (Å²) in [6, 6.07) is 4.58. The molecule has 0 fully saturated rings. The standard InChI is InChI=1S/C6H5N4/c1-10-6-5(8-9-10)3-2-4-7-6/h3-4H,1H3. The van der Waals surface area contributed by atoms with Crippen LogP contribution in [0.5, 0.6) is 0 Å². The number of hydrogen-bond donors (Lipinski definition) is 0. The highest BCUT2D eigenvalue weighted by atomic mass is 15.4. The molecule has 0 saturated heterocycles. The van der Waals surface area contributed by atoms with E-state index in [-0.39, 0.29) is 0 Å². The molecule has 0 amide bonds. The van der Waals surface area contributed by atoms with Crippen LogP contribution in [0, 0.1) is 6.07 Å². The van der Waals surface area contributed by atoms with E-state index in [1.165, 1.54) is 0 Å². The molecule has 0 atom stereocenters. The summed E-state index contributed by atoms with van der Waals surface area (Å²) in [6.45, 7) is 0. The summed E-state index contributed by atoms with van der Waals surface area (Å²) in [5, 5.41) is 7.62. The van der Waals surface area contributed by atoms with Crippen LogP contribution in [0.4, 0.5) is 0 Å². The number of hydrogen-bond acceptors (Lipinski definition) is 3. The molecule has 2 rings (SSSR count). The predicted octanol–water partition coefficient (Wildman–Crippen LogP) is 0.163. The van der Waals surface area contributed by atoms with Gasteiger partial charge in [-0.3, -0.25) is 0 Å². The van der Waals surface area contributed by atoms with Crippen LogP contribution < -0.4 is 0 Å². The summed E-state index contributed by atoms with van der Waals surface area (Å²) in [6.07, 6.45) is 1.60. The van der Waals surface area contributed by atoms with Crippen LogP contribution >= 0.6 is 0 Å². The molecule has 0 unspecified atom stereocenters. The van der Waals surface area contributed by atoms with Crippen LogP contribution in [-0.4, -0.2) is 20.0 Å². The predicted molar refractivity (Wildman–Crippen MR) is 35.1 cm³/mol. The Morgan fingerprint density at radius 2 is 2.50 bits per heavy atom. The molecule has 0 aromatic carbocycles. The van der Waals surface area contributed by atoms with Gasteiger partial charge in [-0.25, -0.2) is 9.67 Å². The normalized spacial score (nSPS) is 10.5. The third-order valence-corrected chi connectivity index (χ3v) is 1.30. The lowest BCUT2D eigenvalue weighted by atomic mass is 10.4. The maximum absolute atomic E-state index is 4.02. The average molecular weight is 133 g/mol. The second-order valence-electron chi connectivity index (χ2n) is 1.99. The van der Waals surface area contributed by atoms with Crippen LogP contribution in [-0.2, 0) is 7.05 Å². The molecule has 0 N–H and O–H groups in total. The van der Waals surface area contributed by atoms with Crippen molar-refractivity contribution in [1.82, 2.24) is 20.0 Å². The molecular formula is C6H5N4. The monoisotopic (exact) mass is 133 g/mol. The fourth-order valence-corrected chi connectivity index (χ4v) is 0.826. The molecule has 0 aliphatic rings. The van der Waals surface area contributed by atoms with Gasteiger partial charge in [0.25, 0.3) is 0 Å². The quantitative estimate of drug-likeness (QED) is 0.514. The van der Waals surface area contributed by atoms with Gasteiger partial charge in [-0.15, -0.1) is 5.10 Å². The first-order valence-corrected chi connectivity index (χ1v) is 2.89. The number of pyridine rings is 1. The molecule has 0 aliphatic heterocycles. The second-order valence-corrected chi connectivity index (χ2v) is 1.99. The van der Waals surface area contributed by atoms with E-state index in [1.54, 1.807) is 16.9 Å². The molecule has 1 radical (unpaired) electrons. The lowest BCUT2D eigenvalue weighted by Gasteiger charge is -1.86. The zero-order valence-corrected chi connectivity index (χ0v) is 5.44. The number of nitrogens with zero attached hydrogens (tertiary/aromatic N) is 4. The van der Waals surface area contributed by atoms with Crippen molar-refractivity contribution in [2.75, 3.05) is 0 Å². The van der Waals surface area contributed by atoms with Gasteiger partial charge in [0.1, 0.15) is 5.52 Å². The SMILES string of the molecule is Cn1nnc2c[c]cnc21. The smallest absolute Gasteiger partial charge is 0.178 e. The van der Waals surface area contributed by atoms with Crippen LogP contribution in [0.25, 0.3) is 11.2 Å². The summed E-state index contributed by atoms with van der Waals surface area (Å²) in [4.78, 5) is 4.02. The van der Waals surface area contributed by atoms with Crippen molar-refractivity contribution in [1.29, 1.82) is 0 Å². The number of rotatable bonds is 0. The van der Waals surface area contributed by atoms with Crippen LogP contribution in [0.1, 0.15) is 0 Å². The minimum Gasteiger partial charge on any atom is -0.235 e. The van der Waals surface area contributed by atoms with Crippen LogP contribution in [0.3, 0.4) is 0 Å². The minimum absolute atomic E-state index is 0.782. The average Bonchev–Trinajstić information content (AvgIpc) is 2.34. The summed E-state index contributed by atoms with van der Waals surface area (Å²) >= 11 is 0. The Hall–Kier alpha value is -1.45. The van der Waals surface area contributed by atoms with Gasteiger partial charge in [-0.05, 0) is 6.07 Å². The third-order valence-electron chi connectivity index (χ3n) is 1.30. The van der Waals surface area contributed by atoms with Crippen molar-refractivity contribution in [3.05, 3.63) is 18.3 Å². The number of aryl methyl sites for hydroxylation is 1. The van der Waals surface area contributed by atoms with E-state index < -0.39 is 0 Å². The topological polar surface area (TPSA) is 43.6 Å². The van der Waals surface area contributed by atoms with Gasteiger partial charge in [-0.2, -0.15) is 0 Å². The molecule has 10 heavy (non-hydrogen) atoms. The Kier molecular flexibility index (Phi) is 0.943. The van der Waals surface area contributed by atoms with Crippen molar-refractivity contribution in [3.8, 4) is 0 Å². The molecule has 2 aromatic rings. The van der Waals surface area contributed by atoms with Gasteiger partial charge >= 0.3 is 0 Å². The van der Waals surface area contributed by atoms with Gasteiger partial charge in [0.15, 0.2) is 5.65 Å². The second kappa shape index (κ2) is 1.76. The molecule has 2 heterocycles. The van der Waals surface area contributed by atoms with Crippen molar-refractivity contribution in [2.45, 2.75) is 0 Å². The van der Waals surface area contributed by atoms with E-state index in [1.807, 2.05) is 7.05 Å². The Morgan fingerprint density at radius 3 is 3.30 bits per heavy atom. The lowest BCUT2D eigenvalue weighted by molar-refractivity contribution is 0.730. The lowest BCUT2D eigenvalue weighted by Crippen LogP contribution is -1.90. The van der Waals surface area contributed by atoms with Crippen molar-refractivity contribution < 1.29 is 0 Å². The number of fused-ring (bicyclic) bond motifs is 1. The van der Waals surface area contributed by atoms with Crippen molar-refractivity contribution in [3.63, 3.8) is 0 Å².